The van der Waals surface area contributed by atoms with Crippen LogP contribution in [0.25, 0.3) is 0 Å². The van der Waals surface area contributed by atoms with E-state index in [0.29, 0.717) is 10.0 Å². The molecule has 0 saturated heterocycles. The van der Waals surface area contributed by atoms with Crippen LogP contribution in [0, 0.1) is 0 Å². The first-order valence-corrected chi connectivity index (χ1v) is 8.45. The van der Waals surface area contributed by atoms with Crippen LogP contribution >= 0.6 is 23.2 Å². The fraction of sp³-hybridized carbons (Fsp3) is 0.100. The summed E-state index contributed by atoms with van der Waals surface area (Å²) in [6.07, 6.45) is 5.26. The van der Waals surface area contributed by atoms with Gasteiger partial charge in [-0.15, -0.1) is 0 Å². The Bertz CT molecular complexity index is 724. The van der Waals surface area contributed by atoms with E-state index in [1.54, 1.807) is 48.5 Å². The van der Waals surface area contributed by atoms with Crippen LogP contribution in [-0.4, -0.2) is 11.9 Å². The van der Waals surface area contributed by atoms with Crippen molar-refractivity contribution in [1.82, 2.24) is 0 Å². The van der Waals surface area contributed by atoms with Crippen molar-refractivity contribution in [2.75, 3.05) is 0 Å². The summed E-state index contributed by atoms with van der Waals surface area (Å²) in [5.74, 6) is -1.03. The summed E-state index contributed by atoms with van der Waals surface area (Å²) in [7, 11) is 0. The Morgan fingerprint density at radius 2 is 1.04 bits per heavy atom. The monoisotopic (exact) mass is 390 g/mol. The number of ether oxygens (including phenoxy) is 2. The summed E-state index contributed by atoms with van der Waals surface area (Å²) in [5.41, 5.74) is 1.66. The summed E-state index contributed by atoms with van der Waals surface area (Å²) in [6.45, 7) is 0.292. The third kappa shape index (κ3) is 7.55. The molecule has 0 heterocycles. The molecule has 0 aliphatic rings. The molecule has 4 nitrogen and oxygen atoms in total. The van der Waals surface area contributed by atoms with Gasteiger partial charge < -0.3 is 9.47 Å². The summed E-state index contributed by atoms with van der Waals surface area (Å²) in [5, 5.41) is 1.24. The fourth-order valence-corrected chi connectivity index (χ4v) is 2.09. The second kappa shape index (κ2) is 10.4. The SMILES string of the molecule is O=C(/C=C\C=C\C(=O)OCc1ccc(Cl)cc1)OCc1ccc(Cl)cc1. The highest BCUT2D eigenvalue weighted by Crippen LogP contribution is 2.11. The summed E-state index contributed by atoms with van der Waals surface area (Å²) in [4.78, 5) is 23.1. The van der Waals surface area contributed by atoms with Gasteiger partial charge >= 0.3 is 11.9 Å². The fourth-order valence-electron chi connectivity index (χ4n) is 1.83. The Hall–Kier alpha value is -2.56. The van der Waals surface area contributed by atoms with Crippen molar-refractivity contribution in [3.63, 3.8) is 0 Å². The van der Waals surface area contributed by atoms with E-state index in [0.717, 1.165) is 11.1 Å². The lowest BCUT2D eigenvalue weighted by Crippen LogP contribution is -2.01. The summed E-state index contributed by atoms with van der Waals surface area (Å²) < 4.78 is 10.1. The van der Waals surface area contributed by atoms with Gasteiger partial charge in [-0.1, -0.05) is 59.6 Å². The minimum Gasteiger partial charge on any atom is -0.458 e. The van der Waals surface area contributed by atoms with Gasteiger partial charge in [-0.25, -0.2) is 9.59 Å². The van der Waals surface area contributed by atoms with Crippen LogP contribution in [0.2, 0.25) is 10.0 Å². The van der Waals surface area contributed by atoms with Crippen LogP contribution in [0.1, 0.15) is 11.1 Å². The molecule has 26 heavy (non-hydrogen) atoms. The Balaban J connectivity index is 1.68. The molecular formula is C20H16Cl2O4. The first kappa shape index (κ1) is 19.8. The molecule has 0 atom stereocenters. The van der Waals surface area contributed by atoms with E-state index in [1.165, 1.54) is 24.3 Å². The first-order chi connectivity index (χ1) is 12.5. The average Bonchev–Trinajstić information content (AvgIpc) is 2.64. The molecule has 0 N–H and O–H groups in total. The van der Waals surface area contributed by atoms with Crippen molar-refractivity contribution >= 4 is 35.1 Å². The standard InChI is InChI=1S/C20H16Cl2O4/c21-17-9-5-15(6-10-17)13-25-19(23)3-1-2-4-20(24)26-14-16-7-11-18(22)12-8-16/h1-12H,13-14H2/b3-1-,4-2+. The van der Waals surface area contributed by atoms with Crippen molar-refractivity contribution in [1.29, 1.82) is 0 Å². The number of allylic oxidation sites excluding steroid dienone is 2. The molecule has 0 radical (unpaired) electrons. The topological polar surface area (TPSA) is 52.6 Å². The van der Waals surface area contributed by atoms with Crippen molar-refractivity contribution in [3.05, 3.63) is 94.0 Å². The number of hydrogen-bond acceptors (Lipinski definition) is 4. The number of hydrogen-bond donors (Lipinski definition) is 0. The minimum atomic E-state index is -0.515. The molecule has 0 aliphatic heterocycles. The van der Waals surface area contributed by atoms with Gasteiger partial charge in [0.2, 0.25) is 0 Å². The molecule has 134 valence electrons. The van der Waals surface area contributed by atoms with E-state index in [4.69, 9.17) is 32.7 Å². The molecule has 0 saturated carbocycles. The number of carbonyl (C=O) groups is 2. The predicted molar refractivity (Wildman–Crippen MR) is 101 cm³/mol. The van der Waals surface area contributed by atoms with Crippen molar-refractivity contribution in [3.8, 4) is 0 Å². The molecule has 0 amide bonds. The molecule has 0 spiro atoms. The number of halogens is 2. The lowest BCUT2D eigenvalue weighted by molar-refractivity contribution is -0.140. The Kier molecular flexibility index (Phi) is 7.93. The zero-order valence-corrected chi connectivity index (χ0v) is 15.2. The summed E-state index contributed by atoms with van der Waals surface area (Å²) in [6, 6.07) is 14.0. The van der Waals surface area contributed by atoms with E-state index < -0.39 is 11.9 Å². The molecule has 0 unspecified atom stereocenters. The maximum Gasteiger partial charge on any atom is 0.331 e. The van der Waals surface area contributed by atoms with Crippen LogP contribution in [-0.2, 0) is 32.3 Å². The van der Waals surface area contributed by atoms with Crippen LogP contribution in [0.15, 0.2) is 72.8 Å². The van der Waals surface area contributed by atoms with Gasteiger partial charge in [-0.05, 0) is 35.4 Å². The third-order valence-corrected chi connectivity index (χ3v) is 3.67. The van der Waals surface area contributed by atoms with Gasteiger partial charge in [0.25, 0.3) is 0 Å². The molecule has 0 aromatic heterocycles. The number of carbonyl (C=O) groups excluding carboxylic acids is 2. The largest absolute Gasteiger partial charge is 0.458 e. The first-order valence-electron chi connectivity index (χ1n) is 7.70. The van der Waals surface area contributed by atoms with Gasteiger partial charge in [0.1, 0.15) is 13.2 Å². The van der Waals surface area contributed by atoms with E-state index >= 15 is 0 Å². The molecule has 2 aromatic carbocycles. The van der Waals surface area contributed by atoms with Gasteiger partial charge in [0.05, 0.1) is 0 Å². The minimum absolute atomic E-state index is 0.146. The smallest absolute Gasteiger partial charge is 0.331 e. The Labute approximate surface area is 161 Å². The van der Waals surface area contributed by atoms with Crippen LogP contribution in [0.4, 0.5) is 0 Å². The van der Waals surface area contributed by atoms with E-state index in [9.17, 15) is 9.59 Å². The average molecular weight is 391 g/mol. The third-order valence-electron chi connectivity index (χ3n) is 3.16. The lowest BCUT2D eigenvalue weighted by atomic mass is 10.2. The predicted octanol–water partition coefficient (Wildman–Crippen LogP) is 4.89. The van der Waals surface area contributed by atoms with E-state index in [-0.39, 0.29) is 13.2 Å². The van der Waals surface area contributed by atoms with Crippen molar-refractivity contribution in [2.45, 2.75) is 13.2 Å². The Morgan fingerprint density at radius 1 is 0.692 bits per heavy atom. The normalized spacial score (nSPS) is 11.0. The summed E-state index contributed by atoms with van der Waals surface area (Å²) >= 11 is 11.6. The molecular weight excluding hydrogens is 375 g/mol. The lowest BCUT2D eigenvalue weighted by Gasteiger charge is -2.02. The zero-order chi connectivity index (χ0) is 18.8. The van der Waals surface area contributed by atoms with Gasteiger partial charge in [-0.2, -0.15) is 0 Å². The van der Waals surface area contributed by atoms with Gasteiger partial charge in [0.15, 0.2) is 0 Å². The highest BCUT2D eigenvalue weighted by Gasteiger charge is 2.00. The van der Waals surface area contributed by atoms with E-state index in [2.05, 4.69) is 0 Å². The maximum atomic E-state index is 11.6. The quantitative estimate of drug-likeness (QED) is 0.383. The van der Waals surface area contributed by atoms with E-state index in [1.807, 2.05) is 0 Å². The molecule has 2 rings (SSSR count). The van der Waals surface area contributed by atoms with Crippen molar-refractivity contribution < 1.29 is 19.1 Å². The Morgan fingerprint density at radius 3 is 1.38 bits per heavy atom. The number of rotatable bonds is 7. The zero-order valence-electron chi connectivity index (χ0n) is 13.7. The van der Waals surface area contributed by atoms with Crippen LogP contribution < -0.4 is 0 Å². The maximum absolute atomic E-state index is 11.6. The second-order valence-electron chi connectivity index (χ2n) is 5.19. The van der Waals surface area contributed by atoms with Crippen LogP contribution in [0.5, 0.6) is 0 Å². The van der Waals surface area contributed by atoms with Gasteiger partial charge in [-0.3, -0.25) is 0 Å². The molecule has 0 fully saturated rings. The molecule has 0 aliphatic carbocycles. The van der Waals surface area contributed by atoms with Crippen molar-refractivity contribution in [2.24, 2.45) is 0 Å². The molecule has 2 aromatic rings. The highest BCUT2D eigenvalue weighted by atomic mass is 35.5. The number of esters is 2. The van der Waals surface area contributed by atoms with Gasteiger partial charge in [0, 0.05) is 22.2 Å². The number of benzene rings is 2. The second-order valence-corrected chi connectivity index (χ2v) is 6.06. The highest BCUT2D eigenvalue weighted by molar-refractivity contribution is 6.30. The van der Waals surface area contributed by atoms with Crippen LogP contribution in [0.3, 0.4) is 0 Å². The molecule has 0 bridgehead atoms. The molecule has 6 heteroatoms.